The highest BCUT2D eigenvalue weighted by atomic mass is 28.3. The molecule has 0 aliphatic carbocycles. The average Bonchev–Trinajstić information content (AvgIpc) is 3.66. The maximum absolute atomic E-state index is 5.38. The molecule has 0 bridgehead atoms. The van der Waals surface area contributed by atoms with Crippen molar-refractivity contribution >= 4 is 40.1 Å². The van der Waals surface area contributed by atoms with E-state index in [1.165, 1.54) is 21.2 Å². The normalized spacial score (nSPS) is 15.0. The largest absolute Gasteiger partial charge is 0.299 e. The van der Waals surface area contributed by atoms with Crippen LogP contribution in [0.2, 0.25) is 0 Å². The van der Waals surface area contributed by atoms with Crippen LogP contribution in [0.5, 0.6) is 0 Å². The Morgan fingerprint density at radius 1 is 0.478 bits per heavy atom. The minimum atomic E-state index is -2.91. The lowest BCUT2D eigenvalue weighted by atomic mass is 10.1. The van der Waals surface area contributed by atoms with Gasteiger partial charge in [0.1, 0.15) is 5.45 Å². The Hall–Kier alpha value is -6.05. The van der Waals surface area contributed by atoms with Crippen LogP contribution in [0.1, 0.15) is 0 Å². The van der Waals surface area contributed by atoms with E-state index in [0.717, 1.165) is 33.2 Å². The predicted octanol–water partition coefficient (Wildman–Crippen LogP) is 5.30. The molecule has 5 aromatic carbocycles. The number of imidazole rings is 1. The van der Waals surface area contributed by atoms with Crippen molar-refractivity contribution in [3.63, 3.8) is 0 Å². The molecule has 1 unspecified atom stereocenters. The van der Waals surface area contributed by atoms with Crippen molar-refractivity contribution in [2.75, 3.05) is 0 Å². The van der Waals surface area contributed by atoms with Crippen molar-refractivity contribution in [2.24, 2.45) is 0 Å². The van der Waals surface area contributed by atoms with Gasteiger partial charge < -0.3 is 0 Å². The number of aromatic nitrogens is 6. The van der Waals surface area contributed by atoms with Gasteiger partial charge in [0.05, 0.1) is 11.0 Å². The van der Waals surface area contributed by atoms with Gasteiger partial charge in [-0.15, -0.1) is 0 Å². The lowest BCUT2D eigenvalue weighted by Crippen LogP contribution is -2.73. The molecule has 1 aliphatic rings. The fourth-order valence-corrected chi connectivity index (χ4v) is 11.6. The van der Waals surface area contributed by atoms with Gasteiger partial charge in [0.25, 0.3) is 0 Å². The third-order valence-corrected chi connectivity index (χ3v) is 13.4. The second kappa shape index (κ2) is 10.5. The van der Waals surface area contributed by atoms with E-state index in [9.17, 15) is 0 Å². The van der Waals surface area contributed by atoms with Gasteiger partial charge in [-0.2, -0.15) is 0 Å². The van der Waals surface area contributed by atoms with Crippen molar-refractivity contribution in [1.82, 2.24) is 29.5 Å². The number of para-hydroxylation sites is 3. The molecule has 0 amide bonds. The molecule has 7 heteroatoms. The van der Waals surface area contributed by atoms with Crippen molar-refractivity contribution in [1.29, 1.82) is 0 Å². The summed E-state index contributed by atoms with van der Waals surface area (Å²) in [5, 5.41) is 3.67. The SMILES string of the molecule is c1ccc(-c2nc(-c3ccccc3)nc(-c3cccc([Si]4(c5cccnc5)c5ccccc5-n5c4nc4ccccc45)c3)n2)cc1. The summed E-state index contributed by atoms with van der Waals surface area (Å²) >= 11 is 0. The Balaban J connectivity index is 1.32. The molecule has 0 saturated carbocycles. The highest BCUT2D eigenvalue weighted by molar-refractivity contribution is 7.20. The summed E-state index contributed by atoms with van der Waals surface area (Å²) in [7, 11) is -2.91. The van der Waals surface area contributed by atoms with Crippen molar-refractivity contribution in [2.45, 2.75) is 0 Å². The molecule has 6 nitrogen and oxygen atoms in total. The Labute approximate surface area is 266 Å². The average molecular weight is 607 g/mol. The van der Waals surface area contributed by atoms with E-state index < -0.39 is 8.07 Å². The number of fused-ring (bicyclic) bond motifs is 5. The molecule has 1 atom stereocenters. The molecule has 3 aromatic heterocycles. The molecule has 4 heterocycles. The van der Waals surface area contributed by atoms with Crippen LogP contribution in [0.15, 0.2) is 158 Å². The summed E-state index contributed by atoms with van der Waals surface area (Å²) in [5.74, 6) is 1.91. The fraction of sp³-hybridized carbons (Fsp3) is 0. The maximum atomic E-state index is 5.38. The van der Waals surface area contributed by atoms with Gasteiger partial charge >= 0.3 is 0 Å². The molecule has 1 aliphatic heterocycles. The van der Waals surface area contributed by atoms with E-state index >= 15 is 0 Å². The third kappa shape index (κ3) is 3.99. The lowest BCUT2D eigenvalue weighted by molar-refractivity contribution is 1.07. The number of benzene rings is 5. The summed E-state index contributed by atoms with van der Waals surface area (Å²) in [6.45, 7) is 0. The molecular formula is C39H26N6Si. The third-order valence-electron chi connectivity index (χ3n) is 8.79. The molecule has 0 spiro atoms. The number of hydrogen-bond acceptors (Lipinski definition) is 5. The molecular weight excluding hydrogens is 581 g/mol. The van der Waals surface area contributed by atoms with Gasteiger partial charge in [-0.05, 0) is 39.8 Å². The minimum absolute atomic E-state index is 0.629. The Bertz CT molecular complexity index is 2320. The standard InChI is InChI=1S/C39H26N6Si/c1-3-13-27(14-4-1)36-42-37(28-15-5-2-6-16-28)44-38(43-36)29-17-11-18-30(25-29)46(31-19-12-24-40-26-31)35-23-10-9-22-34(35)45-33-21-8-7-20-32(33)41-39(45)46/h1-26H. The van der Waals surface area contributed by atoms with E-state index in [2.05, 4.69) is 88.4 Å². The summed E-state index contributed by atoms with van der Waals surface area (Å²) in [5.41, 5.74) is 7.16. The van der Waals surface area contributed by atoms with Crippen LogP contribution in [-0.4, -0.2) is 37.6 Å². The van der Waals surface area contributed by atoms with Crippen LogP contribution in [0.4, 0.5) is 0 Å². The van der Waals surface area contributed by atoms with E-state index in [1.54, 1.807) is 0 Å². The molecule has 8 aromatic rings. The quantitative estimate of drug-likeness (QED) is 0.249. The zero-order valence-corrected chi connectivity index (χ0v) is 25.7. The van der Waals surface area contributed by atoms with Gasteiger partial charge in [0.15, 0.2) is 17.5 Å². The molecule has 9 rings (SSSR count). The van der Waals surface area contributed by atoms with Crippen LogP contribution in [0, 0.1) is 0 Å². The molecule has 0 saturated heterocycles. The molecule has 216 valence electrons. The Morgan fingerprint density at radius 2 is 1.09 bits per heavy atom. The zero-order chi connectivity index (χ0) is 30.5. The van der Waals surface area contributed by atoms with Crippen molar-refractivity contribution in [3.8, 4) is 39.9 Å². The van der Waals surface area contributed by atoms with Gasteiger partial charge in [0.2, 0.25) is 8.07 Å². The summed E-state index contributed by atoms with van der Waals surface area (Å²) < 4.78 is 2.36. The topological polar surface area (TPSA) is 69.4 Å². The fourth-order valence-electron chi connectivity index (χ4n) is 6.78. The molecule has 0 N–H and O–H groups in total. The first-order valence-electron chi connectivity index (χ1n) is 15.3. The smallest absolute Gasteiger partial charge is 0.227 e. The molecule has 0 fully saturated rings. The van der Waals surface area contributed by atoms with Gasteiger partial charge in [-0.3, -0.25) is 9.55 Å². The summed E-state index contributed by atoms with van der Waals surface area (Å²) in [4.78, 5) is 25.0. The Kier molecular flexibility index (Phi) is 6.04. The minimum Gasteiger partial charge on any atom is -0.299 e. The van der Waals surface area contributed by atoms with Gasteiger partial charge in [0, 0.05) is 34.8 Å². The van der Waals surface area contributed by atoms with E-state index in [0.29, 0.717) is 17.5 Å². The van der Waals surface area contributed by atoms with Crippen LogP contribution < -0.4 is 21.0 Å². The van der Waals surface area contributed by atoms with E-state index in [4.69, 9.17) is 19.9 Å². The molecule has 46 heavy (non-hydrogen) atoms. The van der Waals surface area contributed by atoms with Crippen LogP contribution in [0.25, 0.3) is 50.9 Å². The highest BCUT2D eigenvalue weighted by Crippen LogP contribution is 2.28. The van der Waals surface area contributed by atoms with Gasteiger partial charge in [-0.25, -0.2) is 19.9 Å². The second-order valence-electron chi connectivity index (χ2n) is 11.4. The monoisotopic (exact) mass is 606 g/mol. The Morgan fingerprint density at radius 3 is 1.80 bits per heavy atom. The zero-order valence-electron chi connectivity index (χ0n) is 24.7. The maximum Gasteiger partial charge on any atom is 0.227 e. The van der Waals surface area contributed by atoms with Crippen LogP contribution >= 0.6 is 0 Å². The first kappa shape index (κ1) is 26.4. The first-order chi connectivity index (χ1) is 22.8. The summed E-state index contributed by atoms with van der Waals surface area (Å²) in [6, 6.07) is 50.3. The van der Waals surface area contributed by atoms with Gasteiger partial charge in [-0.1, -0.05) is 121 Å². The number of pyridine rings is 1. The van der Waals surface area contributed by atoms with Crippen molar-refractivity contribution < 1.29 is 0 Å². The lowest BCUT2D eigenvalue weighted by Gasteiger charge is -2.28. The van der Waals surface area contributed by atoms with Crippen molar-refractivity contribution in [3.05, 3.63) is 158 Å². The van der Waals surface area contributed by atoms with E-state index in [1.807, 2.05) is 79.1 Å². The highest BCUT2D eigenvalue weighted by Gasteiger charge is 2.52. The summed E-state index contributed by atoms with van der Waals surface area (Å²) in [6.07, 6.45) is 3.86. The van der Waals surface area contributed by atoms with Crippen LogP contribution in [-0.2, 0) is 0 Å². The predicted molar refractivity (Wildman–Crippen MR) is 186 cm³/mol. The van der Waals surface area contributed by atoms with Crippen LogP contribution in [0.3, 0.4) is 0 Å². The number of hydrogen-bond donors (Lipinski definition) is 0. The number of rotatable bonds is 5. The molecule has 0 radical (unpaired) electrons. The van der Waals surface area contributed by atoms with E-state index in [-0.39, 0.29) is 0 Å². The first-order valence-corrected chi connectivity index (χ1v) is 17.3. The second-order valence-corrected chi connectivity index (χ2v) is 15.0. The number of nitrogens with zero attached hydrogens (tertiary/aromatic N) is 6.